The van der Waals surface area contributed by atoms with Crippen LogP contribution in [0.1, 0.15) is 58.6 Å². The molecule has 0 aliphatic carbocycles. The molecule has 0 saturated carbocycles. The zero-order chi connectivity index (χ0) is 25.1. The minimum Gasteiger partial charge on any atom is -0.444 e. The molecule has 1 fully saturated rings. The standard InChI is InChI=1S/C29H40N2O3/c1-7-8-9-11-23(2)24(3)14-15-25-12-10-13-26(22-25)16-17-27(32)30-18-20-31(21-19-30)28(33)34-29(4,5)6/h8-15,22H,3,7,16-21H2,1-2,4-6H3/b9-8-,15-14+,23-11-. The molecule has 2 rings (SSSR count). The van der Waals surface area contributed by atoms with Crippen molar-refractivity contribution in [3.8, 4) is 0 Å². The van der Waals surface area contributed by atoms with Gasteiger partial charge in [0.1, 0.15) is 5.60 Å². The Labute approximate surface area is 205 Å². The van der Waals surface area contributed by atoms with Crippen LogP contribution in [-0.2, 0) is 16.0 Å². The van der Waals surface area contributed by atoms with Crippen LogP contribution < -0.4 is 0 Å². The maximum atomic E-state index is 12.7. The van der Waals surface area contributed by atoms with Gasteiger partial charge in [-0.25, -0.2) is 4.79 Å². The first-order chi connectivity index (χ1) is 16.1. The zero-order valence-electron chi connectivity index (χ0n) is 21.5. The monoisotopic (exact) mass is 464 g/mol. The van der Waals surface area contributed by atoms with Crippen molar-refractivity contribution in [2.45, 2.75) is 59.5 Å². The van der Waals surface area contributed by atoms with Crippen molar-refractivity contribution in [3.05, 3.63) is 77.4 Å². The van der Waals surface area contributed by atoms with Gasteiger partial charge in [-0.05, 0) is 62.8 Å². The van der Waals surface area contributed by atoms with Crippen molar-refractivity contribution in [1.29, 1.82) is 0 Å². The summed E-state index contributed by atoms with van der Waals surface area (Å²) in [7, 11) is 0. The zero-order valence-corrected chi connectivity index (χ0v) is 21.5. The molecule has 1 heterocycles. The van der Waals surface area contributed by atoms with Crippen molar-refractivity contribution in [1.82, 2.24) is 9.80 Å². The molecule has 1 aromatic rings. The highest BCUT2D eigenvalue weighted by Gasteiger charge is 2.27. The molecule has 0 bridgehead atoms. The van der Waals surface area contributed by atoms with Gasteiger partial charge in [0.05, 0.1) is 0 Å². The van der Waals surface area contributed by atoms with E-state index in [-0.39, 0.29) is 12.0 Å². The van der Waals surface area contributed by atoms with Gasteiger partial charge < -0.3 is 14.5 Å². The number of hydrogen-bond donors (Lipinski definition) is 0. The topological polar surface area (TPSA) is 49.9 Å². The number of aryl methyl sites for hydroxylation is 1. The van der Waals surface area contributed by atoms with Gasteiger partial charge in [-0.1, -0.05) is 68.1 Å². The summed E-state index contributed by atoms with van der Waals surface area (Å²) >= 11 is 0. The van der Waals surface area contributed by atoms with Gasteiger partial charge in [-0.15, -0.1) is 0 Å². The van der Waals surface area contributed by atoms with Crippen LogP contribution in [0, 0.1) is 0 Å². The number of carbonyl (C=O) groups excluding carboxylic acids is 2. The van der Waals surface area contributed by atoms with Crippen LogP contribution in [0.5, 0.6) is 0 Å². The number of hydrogen-bond acceptors (Lipinski definition) is 3. The van der Waals surface area contributed by atoms with Crippen LogP contribution in [0.3, 0.4) is 0 Å². The van der Waals surface area contributed by atoms with Gasteiger partial charge in [-0.2, -0.15) is 0 Å². The Balaban J connectivity index is 1.84. The number of piperazine rings is 1. The van der Waals surface area contributed by atoms with E-state index in [1.807, 2.05) is 37.8 Å². The number of rotatable bonds is 8. The molecule has 1 saturated heterocycles. The molecule has 2 amide bonds. The number of ether oxygens (including phenoxy) is 1. The van der Waals surface area contributed by atoms with Gasteiger partial charge >= 0.3 is 6.09 Å². The second kappa shape index (κ2) is 13.0. The highest BCUT2D eigenvalue weighted by molar-refractivity contribution is 5.77. The Morgan fingerprint density at radius 3 is 2.44 bits per heavy atom. The normalized spacial score (nSPS) is 15.3. The molecule has 0 atom stereocenters. The molecule has 5 nitrogen and oxygen atoms in total. The lowest BCUT2D eigenvalue weighted by atomic mass is 10.0. The van der Waals surface area contributed by atoms with E-state index in [4.69, 9.17) is 4.74 Å². The highest BCUT2D eigenvalue weighted by Crippen LogP contribution is 2.16. The summed E-state index contributed by atoms with van der Waals surface area (Å²) in [6, 6.07) is 8.25. The Morgan fingerprint density at radius 1 is 1.12 bits per heavy atom. The number of benzene rings is 1. The average Bonchev–Trinajstić information content (AvgIpc) is 2.80. The Bertz CT molecular complexity index is 942. The molecule has 34 heavy (non-hydrogen) atoms. The van der Waals surface area contributed by atoms with E-state index in [1.165, 1.54) is 0 Å². The summed E-state index contributed by atoms with van der Waals surface area (Å²) in [4.78, 5) is 28.4. The lowest BCUT2D eigenvalue weighted by molar-refractivity contribution is -0.132. The number of carbonyl (C=O) groups is 2. The fraction of sp³-hybridized carbons (Fsp3) is 0.448. The van der Waals surface area contributed by atoms with Crippen LogP contribution in [0.4, 0.5) is 4.79 Å². The van der Waals surface area contributed by atoms with Gasteiger partial charge in [0.2, 0.25) is 5.91 Å². The smallest absolute Gasteiger partial charge is 0.410 e. The molecule has 5 heteroatoms. The Hall–Kier alpha value is -3.08. The highest BCUT2D eigenvalue weighted by atomic mass is 16.6. The molecule has 1 aromatic carbocycles. The fourth-order valence-corrected chi connectivity index (χ4v) is 3.51. The van der Waals surface area contributed by atoms with E-state index >= 15 is 0 Å². The third-order valence-corrected chi connectivity index (χ3v) is 5.56. The van der Waals surface area contributed by atoms with Crippen molar-refractivity contribution < 1.29 is 14.3 Å². The van der Waals surface area contributed by atoms with Crippen molar-refractivity contribution in [2.24, 2.45) is 0 Å². The lowest BCUT2D eigenvalue weighted by Gasteiger charge is -2.35. The first-order valence-electron chi connectivity index (χ1n) is 12.1. The van der Waals surface area contributed by atoms with Gasteiger partial charge in [0, 0.05) is 32.6 Å². The van der Waals surface area contributed by atoms with Gasteiger partial charge in [0.25, 0.3) is 0 Å². The maximum absolute atomic E-state index is 12.7. The molecular formula is C29H40N2O3. The van der Waals surface area contributed by atoms with Crippen LogP contribution in [0.25, 0.3) is 6.08 Å². The van der Waals surface area contributed by atoms with Crippen LogP contribution in [0.2, 0.25) is 0 Å². The van der Waals surface area contributed by atoms with E-state index in [0.717, 1.165) is 28.7 Å². The van der Waals surface area contributed by atoms with E-state index in [0.29, 0.717) is 39.0 Å². The fourth-order valence-electron chi connectivity index (χ4n) is 3.51. The Kier molecular flexibility index (Phi) is 10.4. The van der Waals surface area contributed by atoms with Gasteiger partial charge in [0.15, 0.2) is 0 Å². The second-order valence-electron chi connectivity index (χ2n) is 9.64. The molecular weight excluding hydrogens is 424 g/mol. The summed E-state index contributed by atoms with van der Waals surface area (Å²) in [6.07, 6.45) is 12.2. The number of amides is 2. The summed E-state index contributed by atoms with van der Waals surface area (Å²) in [5, 5.41) is 0. The number of nitrogens with zero attached hydrogens (tertiary/aromatic N) is 2. The van der Waals surface area contributed by atoms with E-state index in [2.05, 4.69) is 62.9 Å². The molecule has 184 valence electrons. The molecule has 1 aliphatic heterocycles. The predicted octanol–water partition coefficient (Wildman–Crippen LogP) is 6.18. The first-order valence-corrected chi connectivity index (χ1v) is 12.1. The van der Waals surface area contributed by atoms with Crippen LogP contribution >= 0.6 is 0 Å². The van der Waals surface area contributed by atoms with E-state index in [9.17, 15) is 9.59 Å². The summed E-state index contributed by atoms with van der Waals surface area (Å²) in [5.41, 5.74) is 3.82. The van der Waals surface area contributed by atoms with Gasteiger partial charge in [-0.3, -0.25) is 4.79 Å². The minimum absolute atomic E-state index is 0.124. The Morgan fingerprint density at radius 2 is 1.79 bits per heavy atom. The summed E-state index contributed by atoms with van der Waals surface area (Å²) in [6.45, 7) is 16.0. The summed E-state index contributed by atoms with van der Waals surface area (Å²) in [5.74, 6) is 0.124. The van der Waals surface area contributed by atoms with Crippen LogP contribution in [0.15, 0.2) is 66.3 Å². The quantitative estimate of drug-likeness (QED) is 0.432. The largest absolute Gasteiger partial charge is 0.444 e. The molecule has 0 N–H and O–H groups in total. The van der Waals surface area contributed by atoms with E-state index in [1.54, 1.807) is 4.90 Å². The summed E-state index contributed by atoms with van der Waals surface area (Å²) < 4.78 is 5.43. The number of allylic oxidation sites excluding steroid dienone is 6. The van der Waals surface area contributed by atoms with Crippen molar-refractivity contribution in [2.75, 3.05) is 26.2 Å². The predicted molar refractivity (Wildman–Crippen MR) is 141 cm³/mol. The molecule has 0 aromatic heterocycles. The maximum Gasteiger partial charge on any atom is 0.410 e. The van der Waals surface area contributed by atoms with E-state index < -0.39 is 5.60 Å². The SMILES string of the molecule is C=C(/C=C/c1cccc(CCC(=O)N2CCN(C(=O)OC(C)(C)C)CC2)c1)/C(C)=C\C=C/CC. The molecule has 1 aliphatic rings. The van der Waals surface area contributed by atoms with Crippen molar-refractivity contribution in [3.63, 3.8) is 0 Å². The second-order valence-corrected chi connectivity index (χ2v) is 9.64. The molecule has 0 radical (unpaired) electrons. The van der Waals surface area contributed by atoms with Crippen LogP contribution in [-0.4, -0.2) is 53.6 Å². The van der Waals surface area contributed by atoms with Crippen molar-refractivity contribution >= 4 is 18.1 Å². The first kappa shape index (κ1) is 27.2. The lowest BCUT2D eigenvalue weighted by Crippen LogP contribution is -2.51. The molecule has 0 spiro atoms. The average molecular weight is 465 g/mol. The third-order valence-electron chi connectivity index (χ3n) is 5.56. The molecule has 0 unspecified atom stereocenters. The minimum atomic E-state index is -0.511. The third kappa shape index (κ3) is 9.42.